The Kier molecular flexibility index (Phi) is 5.30. The topological polar surface area (TPSA) is 52.0 Å². The zero-order valence-electron chi connectivity index (χ0n) is 11.9. The van der Waals surface area contributed by atoms with Gasteiger partial charge in [-0.15, -0.1) is 0 Å². The fourth-order valence-electron chi connectivity index (χ4n) is 2.11. The Labute approximate surface area is 118 Å². The second kappa shape index (κ2) is 7.20. The van der Waals surface area contributed by atoms with E-state index in [2.05, 4.69) is 11.9 Å². The number of aromatic nitrogens is 1. The van der Waals surface area contributed by atoms with Gasteiger partial charge in [0.25, 0.3) is 0 Å². The standard InChI is InChI=1S/C16H21FN2O/c1-2-3-4-16-19-14-8-7-12(9-15(14)20-16)5-6-13(10-17)11-18/h7-10H,2-6,11,18H2,1H3. The molecule has 0 unspecified atom stereocenters. The number of nitrogens with zero attached hydrogens (tertiary/aromatic N) is 1. The van der Waals surface area contributed by atoms with E-state index in [1.54, 1.807) is 0 Å². The molecule has 4 heteroatoms. The molecule has 20 heavy (non-hydrogen) atoms. The van der Waals surface area contributed by atoms with E-state index in [0.29, 0.717) is 18.3 Å². The highest BCUT2D eigenvalue weighted by molar-refractivity contribution is 5.73. The van der Waals surface area contributed by atoms with E-state index in [1.807, 2.05) is 18.2 Å². The molecule has 2 aromatic rings. The fraction of sp³-hybridized carbons (Fsp3) is 0.438. The molecule has 1 aromatic carbocycles. The summed E-state index contributed by atoms with van der Waals surface area (Å²) in [6, 6.07) is 5.97. The van der Waals surface area contributed by atoms with Gasteiger partial charge in [0.1, 0.15) is 5.52 Å². The largest absolute Gasteiger partial charge is 0.441 e. The number of oxazole rings is 1. The minimum atomic E-state index is 0.266. The van der Waals surface area contributed by atoms with Crippen molar-refractivity contribution in [2.45, 2.75) is 39.0 Å². The fourth-order valence-corrected chi connectivity index (χ4v) is 2.11. The SMILES string of the molecule is CCCCc1nc2ccc(CCC(=CF)CN)cc2o1. The summed E-state index contributed by atoms with van der Waals surface area (Å²) in [4.78, 5) is 4.46. The van der Waals surface area contributed by atoms with Gasteiger partial charge in [-0.25, -0.2) is 9.37 Å². The molecule has 0 fully saturated rings. The molecule has 108 valence electrons. The van der Waals surface area contributed by atoms with Crippen molar-refractivity contribution in [3.05, 3.63) is 41.6 Å². The molecule has 0 aliphatic heterocycles. The highest BCUT2D eigenvalue weighted by atomic mass is 19.1. The van der Waals surface area contributed by atoms with Gasteiger partial charge in [0.15, 0.2) is 11.5 Å². The Balaban J connectivity index is 2.08. The minimum Gasteiger partial charge on any atom is -0.441 e. The number of benzene rings is 1. The maximum absolute atomic E-state index is 12.5. The van der Waals surface area contributed by atoms with Crippen molar-refractivity contribution in [1.29, 1.82) is 0 Å². The Hall–Kier alpha value is -1.68. The van der Waals surface area contributed by atoms with Crippen molar-refractivity contribution >= 4 is 11.1 Å². The molecule has 0 aliphatic rings. The van der Waals surface area contributed by atoms with Crippen molar-refractivity contribution in [3.8, 4) is 0 Å². The van der Waals surface area contributed by atoms with E-state index in [0.717, 1.165) is 48.2 Å². The van der Waals surface area contributed by atoms with Gasteiger partial charge in [-0.1, -0.05) is 19.4 Å². The highest BCUT2D eigenvalue weighted by Gasteiger charge is 2.06. The molecule has 0 radical (unpaired) electrons. The summed E-state index contributed by atoms with van der Waals surface area (Å²) in [5.74, 6) is 0.797. The van der Waals surface area contributed by atoms with E-state index in [-0.39, 0.29) is 6.54 Å². The van der Waals surface area contributed by atoms with Gasteiger partial charge in [-0.2, -0.15) is 0 Å². The van der Waals surface area contributed by atoms with E-state index >= 15 is 0 Å². The zero-order valence-corrected chi connectivity index (χ0v) is 11.9. The first kappa shape index (κ1) is 14.7. The van der Waals surface area contributed by atoms with E-state index in [9.17, 15) is 4.39 Å². The first-order valence-electron chi connectivity index (χ1n) is 7.13. The van der Waals surface area contributed by atoms with Crippen LogP contribution in [0, 0.1) is 0 Å². The lowest BCUT2D eigenvalue weighted by atomic mass is 10.1. The second-order valence-corrected chi connectivity index (χ2v) is 4.98. The quantitative estimate of drug-likeness (QED) is 0.834. The number of fused-ring (bicyclic) bond motifs is 1. The molecule has 0 amide bonds. The number of rotatable bonds is 7. The lowest BCUT2D eigenvalue weighted by Crippen LogP contribution is -2.03. The predicted octanol–water partition coefficient (Wildman–Crippen LogP) is 3.92. The molecule has 0 bridgehead atoms. The zero-order chi connectivity index (χ0) is 14.4. The maximum atomic E-state index is 12.5. The summed E-state index contributed by atoms with van der Waals surface area (Å²) in [6.07, 6.45) is 5.09. The molecule has 0 aliphatic carbocycles. The summed E-state index contributed by atoms with van der Waals surface area (Å²) in [5.41, 5.74) is 8.90. The minimum absolute atomic E-state index is 0.266. The van der Waals surface area contributed by atoms with Crippen molar-refractivity contribution in [1.82, 2.24) is 4.98 Å². The van der Waals surface area contributed by atoms with E-state index in [1.165, 1.54) is 0 Å². The Morgan fingerprint density at radius 3 is 2.95 bits per heavy atom. The lowest BCUT2D eigenvalue weighted by Gasteiger charge is -2.02. The van der Waals surface area contributed by atoms with E-state index < -0.39 is 0 Å². The monoisotopic (exact) mass is 276 g/mol. The van der Waals surface area contributed by atoms with Gasteiger partial charge >= 0.3 is 0 Å². The summed E-state index contributed by atoms with van der Waals surface area (Å²) in [6.45, 7) is 2.41. The first-order chi connectivity index (χ1) is 9.76. The number of aryl methyl sites for hydroxylation is 2. The Morgan fingerprint density at radius 1 is 1.40 bits per heavy atom. The van der Waals surface area contributed by atoms with Crippen LogP contribution < -0.4 is 5.73 Å². The van der Waals surface area contributed by atoms with Gasteiger partial charge in [0.05, 0.1) is 6.33 Å². The molecule has 2 rings (SSSR count). The second-order valence-electron chi connectivity index (χ2n) is 4.98. The number of hydrogen-bond acceptors (Lipinski definition) is 3. The van der Waals surface area contributed by atoms with Crippen LogP contribution in [0.1, 0.15) is 37.6 Å². The van der Waals surface area contributed by atoms with Gasteiger partial charge in [-0.3, -0.25) is 0 Å². The van der Waals surface area contributed by atoms with Crippen molar-refractivity contribution < 1.29 is 8.81 Å². The smallest absolute Gasteiger partial charge is 0.195 e. The molecule has 1 aromatic heterocycles. The Morgan fingerprint density at radius 2 is 2.25 bits per heavy atom. The molecule has 0 spiro atoms. The summed E-state index contributed by atoms with van der Waals surface area (Å²) >= 11 is 0. The normalized spacial score (nSPS) is 12.2. The van der Waals surface area contributed by atoms with E-state index in [4.69, 9.17) is 10.2 Å². The third-order valence-electron chi connectivity index (χ3n) is 3.39. The number of halogens is 1. The van der Waals surface area contributed by atoms with Gasteiger partial charge in [0, 0.05) is 13.0 Å². The van der Waals surface area contributed by atoms with Crippen LogP contribution in [0.4, 0.5) is 4.39 Å². The van der Waals surface area contributed by atoms with Gasteiger partial charge in [-0.05, 0) is 42.5 Å². The number of hydrogen-bond donors (Lipinski definition) is 1. The molecule has 1 heterocycles. The average molecular weight is 276 g/mol. The Bertz CT molecular complexity index is 589. The summed E-state index contributed by atoms with van der Waals surface area (Å²) < 4.78 is 18.2. The molecule has 0 atom stereocenters. The average Bonchev–Trinajstić information content (AvgIpc) is 2.88. The molecule has 0 saturated heterocycles. The van der Waals surface area contributed by atoms with Crippen LogP contribution >= 0.6 is 0 Å². The van der Waals surface area contributed by atoms with Crippen LogP contribution in [0.15, 0.2) is 34.5 Å². The van der Waals surface area contributed by atoms with Crippen LogP contribution in [0.5, 0.6) is 0 Å². The third-order valence-corrected chi connectivity index (χ3v) is 3.39. The number of nitrogens with two attached hydrogens (primary N) is 1. The van der Waals surface area contributed by atoms with Crippen LogP contribution in [0.25, 0.3) is 11.1 Å². The molecule has 0 saturated carbocycles. The van der Waals surface area contributed by atoms with Crippen LogP contribution in [-0.4, -0.2) is 11.5 Å². The number of unbranched alkanes of at least 4 members (excludes halogenated alkanes) is 1. The summed E-state index contributed by atoms with van der Waals surface area (Å²) in [7, 11) is 0. The van der Waals surface area contributed by atoms with Crippen LogP contribution in [-0.2, 0) is 12.8 Å². The molecular weight excluding hydrogens is 255 g/mol. The maximum Gasteiger partial charge on any atom is 0.195 e. The van der Waals surface area contributed by atoms with Crippen molar-refractivity contribution in [2.75, 3.05) is 6.54 Å². The van der Waals surface area contributed by atoms with Gasteiger partial charge < -0.3 is 10.2 Å². The molecule has 3 nitrogen and oxygen atoms in total. The van der Waals surface area contributed by atoms with Gasteiger partial charge in [0.2, 0.25) is 0 Å². The molecule has 2 N–H and O–H groups in total. The van der Waals surface area contributed by atoms with Crippen molar-refractivity contribution in [3.63, 3.8) is 0 Å². The molecular formula is C16H21FN2O. The third kappa shape index (κ3) is 3.67. The van der Waals surface area contributed by atoms with Crippen molar-refractivity contribution in [2.24, 2.45) is 5.73 Å². The van der Waals surface area contributed by atoms with Crippen LogP contribution in [0.2, 0.25) is 0 Å². The highest BCUT2D eigenvalue weighted by Crippen LogP contribution is 2.20. The first-order valence-corrected chi connectivity index (χ1v) is 7.13. The predicted molar refractivity (Wildman–Crippen MR) is 79.2 cm³/mol. The summed E-state index contributed by atoms with van der Waals surface area (Å²) in [5, 5.41) is 0. The van der Waals surface area contributed by atoms with Crippen LogP contribution in [0.3, 0.4) is 0 Å². The lowest BCUT2D eigenvalue weighted by molar-refractivity contribution is 0.517.